The molecule has 1 aromatic rings. The second-order valence-electron chi connectivity index (χ2n) is 7.48. The molecule has 4 rings (SSSR count). The van der Waals surface area contributed by atoms with Crippen molar-refractivity contribution in [1.29, 1.82) is 0 Å². The monoisotopic (exact) mass is 347 g/mol. The normalized spacial score (nSPS) is 25.2. The Morgan fingerprint density at radius 1 is 1.24 bits per heavy atom. The van der Waals surface area contributed by atoms with Gasteiger partial charge in [0.05, 0.1) is 18.9 Å². The van der Waals surface area contributed by atoms with Crippen molar-refractivity contribution in [3.63, 3.8) is 0 Å². The Hall–Kier alpha value is -1.44. The van der Waals surface area contributed by atoms with E-state index in [4.69, 9.17) is 9.84 Å². The molecule has 0 spiro atoms. The molecule has 0 amide bonds. The predicted octanol–water partition coefficient (Wildman–Crippen LogP) is 1.42. The number of aliphatic hydroxyl groups excluding tert-OH is 1. The molecule has 0 saturated carbocycles. The molecular formula is C18H29N5O2. The van der Waals surface area contributed by atoms with Crippen LogP contribution in [-0.2, 0) is 4.74 Å². The van der Waals surface area contributed by atoms with Gasteiger partial charge in [-0.3, -0.25) is 4.90 Å². The summed E-state index contributed by atoms with van der Waals surface area (Å²) in [6.07, 6.45) is 6.18. The minimum atomic E-state index is 0.0704. The Morgan fingerprint density at radius 3 is 2.80 bits per heavy atom. The average Bonchev–Trinajstić information content (AvgIpc) is 3.34. The first-order valence-corrected chi connectivity index (χ1v) is 9.59. The highest BCUT2D eigenvalue weighted by Crippen LogP contribution is 2.38. The van der Waals surface area contributed by atoms with Gasteiger partial charge in [-0.05, 0) is 45.2 Å². The Morgan fingerprint density at radius 2 is 2.08 bits per heavy atom. The number of aliphatic hydroxyl groups is 1. The van der Waals surface area contributed by atoms with Crippen LogP contribution in [0.3, 0.4) is 0 Å². The SMILES string of the molecule is OCCNc1nc(NCC23CCCN2CCC3)cc([C@@H]2CCOC2)n1. The summed E-state index contributed by atoms with van der Waals surface area (Å²) in [5.41, 5.74) is 1.35. The summed E-state index contributed by atoms with van der Waals surface area (Å²) in [6, 6.07) is 2.08. The first-order chi connectivity index (χ1) is 12.3. The third-order valence-electron chi connectivity index (χ3n) is 5.90. The van der Waals surface area contributed by atoms with E-state index in [0.29, 0.717) is 23.9 Å². The largest absolute Gasteiger partial charge is 0.395 e. The Balaban J connectivity index is 1.50. The lowest BCUT2D eigenvalue weighted by molar-refractivity contribution is 0.193. The summed E-state index contributed by atoms with van der Waals surface area (Å²) >= 11 is 0. The van der Waals surface area contributed by atoms with Crippen LogP contribution in [0, 0.1) is 0 Å². The van der Waals surface area contributed by atoms with Crippen LogP contribution < -0.4 is 10.6 Å². The second kappa shape index (κ2) is 7.43. The summed E-state index contributed by atoms with van der Waals surface area (Å²) in [6.45, 7) is 5.48. The van der Waals surface area contributed by atoms with E-state index < -0.39 is 0 Å². The maximum Gasteiger partial charge on any atom is 0.224 e. The lowest BCUT2D eigenvalue weighted by atomic mass is 9.94. The smallest absolute Gasteiger partial charge is 0.224 e. The van der Waals surface area contributed by atoms with Crippen molar-refractivity contribution in [2.45, 2.75) is 43.6 Å². The molecule has 3 fully saturated rings. The molecule has 0 aromatic carbocycles. The van der Waals surface area contributed by atoms with Gasteiger partial charge in [0.25, 0.3) is 0 Å². The average molecular weight is 347 g/mol. The molecule has 0 unspecified atom stereocenters. The van der Waals surface area contributed by atoms with Crippen LogP contribution in [-0.4, -0.2) is 71.5 Å². The molecular weight excluding hydrogens is 318 g/mol. The van der Waals surface area contributed by atoms with Crippen LogP contribution in [0.4, 0.5) is 11.8 Å². The molecule has 3 N–H and O–H groups in total. The van der Waals surface area contributed by atoms with Crippen LogP contribution in [0.15, 0.2) is 6.07 Å². The first kappa shape index (κ1) is 17.0. The minimum Gasteiger partial charge on any atom is -0.395 e. The van der Waals surface area contributed by atoms with E-state index in [2.05, 4.69) is 31.6 Å². The van der Waals surface area contributed by atoms with Gasteiger partial charge in [0.15, 0.2) is 0 Å². The number of nitrogens with one attached hydrogen (secondary N) is 2. The molecule has 138 valence electrons. The molecule has 0 aliphatic carbocycles. The zero-order valence-corrected chi connectivity index (χ0v) is 14.8. The third-order valence-corrected chi connectivity index (χ3v) is 5.90. The van der Waals surface area contributed by atoms with Crippen LogP contribution in [0.2, 0.25) is 0 Å². The molecule has 4 heterocycles. The maximum absolute atomic E-state index is 9.07. The summed E-state index contributed by atoms with van der Waals surface area (Å²) < 4.78 is 5.52. The van der Waals surface area contributed by atoms with Gasteiger partial charge in [-0.2, -0.15) is 4.98 Å². The molecule has 1 aromatic heterocycles. The number of hydrogen-bond donors (Lipinski definition) is 3. The van der Waals surface area contributed by atoms with Gasteiger partial charge in [0, 0.05) is 37.2 Å². The van der Waals surface area contributed by atoms with E-state index in [1.807, 2.05) is 0 Å². The standard InChI is InChI=1S/C18H29N5O2/c24-9-6-19-17-21-15(14-3-10-25-12-14)11-16(22-17)20-13-18-4-1-7-23(18)8-2-5-18/h11,14,24H,1-10,12-13H2,(H2,19,20,21,22)/t14-/m1/s1. The van der Waals surface area contributed by atoms with Crippen LogP contribution in [0.1, 0.15) is 43.7 Å². The Labute approximate surface area is 149 Å². The molecule has 3 aliphatic rings. The van der Waals surface area contributed by atoms with Gasteiger partial charge in [0.1, 0.15) is 5.82 Å². The molecule has 7 nitrogen and oxygen atoms in total. The fourth-order valence-corrected chi connectivity index (χ4v) is 4.55. The minimum absolute atomic E-state index is 0.0704. The highest BCUT2D eigenvalue weighted by Gasteiger charge is 2.43. The van der Waals surface area contributed by atoms with E-state index in [9.17, 15) is 0 Å². The highest BCUT2D eigenvalue weighted by atomic mass is 16.5. The number of rotatable bonds is 7. The van der Waals surface area contributed by atoms with E-state index in [0.717, 1.165) is 37.7 Å². The maximum atomic E-state index is 9.07. The number of aromatic nitrogens is 2. The predicted molar refractivity (Wildman–Crippen MR) is 97.0 cm³/mol. The molecule has 3 aliphatic heterocycles. The van der Waals surface area contributed by atoms with Gasteiger partial charge in [-0.15, -0.1) is 0 Å². The number of hydrogen-bond acceptors (Lipinski definition) is 7. The second-order valence-corrected chi connectivity index (χ2v) is 7.48. The van der Waals surface area contributed by atoms with Crippen molar-refractivity contribution >= 4 is 11.8 Å². The fourth-order valence-electron chi connectivity index (χ4n) is 4.55. The molecule has 3 saturated heterocycles. The number of ether oxygens (including phenoxy) is 1. The quantitative estimate of drug-likeness (QED) is 0.688. The van der Waals surface area contributed by atoms with Gasteiger partial charge < -0.3 is 20.5 Å². The van der Waals surface area contributed by atoms with E-state index in [1.54, 1.807) is 0 Å². The van der Waals surface area contributed by atoms with E-state index in [-0.39, 0.29) is 6.61 Å². The number of nitrogens with zero attached hydrogens (tertiary/aromatic N) is 3. The molecule has 0 radical (unpaired) electrons. The van der Waals surface area contributed by atoms with Crippen molar-refractivity contribution in [2.75, 3.05) is 56.6 Å². The van der Waals surface area contributed by atoms with Gasteiger partial charge in [-0.1, -0.05) is 0 Å². The van der Waals surface area contributed by atoms with Crippen molar-refractivity contribution in [1.82, 2.24) is 14.9 Å². The molecule has 7 heteroatoms. The summed E-state index contributed by atoms with van der Waals surface area (Å²) in [5, 5.41) is 15.8. The molecule has 0 bridgehead atoms. The summed E-state index contributed by atoms with van der Waals surface area (Å²) in [5.74, 6) is 1.81. The Kier molecular flexibility index (Phi) is 5.05. The van der Waals surface area contributed by atoms with E-state index in [1.165, 1.54) is 38.8 Å². The van der Waals surface area contributed by atoms with Gasteiger partial charge in [0.2, 0.25) is 5.95 Å². The van der Waals surface area contributed by atoms with E-state index >= 15 is 0 Å². The number of fused-ring (bicyclic) bond motifs is 1. The zero-order chi connectivity index (χ0) is 17.1. The first-order valence-electron chi connectivity index (χ1n) is 9.59. The lowest BCUT2D eigenvalue weighted by Crippen LogP contribution is -2.44. The summed E-state index contributed by atoms with van der Waals surface area (Å²) in [7, 11) is 0. The van der Waals surface area contributed by atoms with Crippen molar-refractivity contribution in [3.05, 3.63) is 11.8 Å². The topological polar surface area (TPSA) is 82.5 Å². The molecule has 1 atom stereocenters. The van der Waals surface area contributed by atoms with Crippen LogP contribution in [0.5, 0.6) is 0 Å². The van der Waals surface area contributed by atoms with Crippen molar-refractivity contribution in [3.8, 4) is 0 Å². The van der Waals surface area contributed by atoms with Gasteiger partial charge in [-0.25, -0.2) is 4.98 Å². The number of anilines is 2. The van der Waals surface area contributed by atoms with Gasteiger partial charge >= 0.3 is 0 Å². The van der Waals surface area contributed by atoms with Crippen molar-refractivity contribution in [2.24, 2.45) is 0 Å². The highest BCUT2D eigenvalue weighted by molar-refractivity contribution is 5.44. The summed E-state index contributed by atoms with van der Waals surface area (Å²) in [4.78, 5) is 11.9. The molecule has 25 heavy (non-hydrogen) atoms. The lowest BCUT2D eigenvalue weighted by Gasteiger charge is -2.32. The fraction of sp³-hybridized carbons (Fsp3) is 0.778. The zero-order valence-electron chi connectivity index (χ0n) is 14.8. The van der Waals surface area contributed by atoms with Crippen LogP contribution >= 0.6 is 0 Å². The van der Waals surface area contributed by atoms with Crippen LogP contribution in [0.25, 0.3) is 0 Å². The Bertz CT molecular complexity index is 581. The third kappa shape index (κ3) is 3.59. The van der Waals surface area contributed by atoms with Crippen molar-refractivity contribution < 1.29 is 9.84 Å².